The van der Waals surface area contributed by atoms with E-state index in [1.54, 1.807) is 12.2 Å². The first-order chi connectivity index (χ1) is 9.01. The molecule has 0 radical (unpaired) electrons. The molecule has 114 valence electrons. The molecule has 0 aromatic carbocycles. The first-order valence-corrected chi connectivity index (χ1v) is 8.68. The molecule has 4 heteroatoms. The topological polar surface area (TPSA) is 9.23 Å². The summed E-state index contributed by atoms with van der Waals surface area (Å²) in [5.74, 6) is 6.01. The SMILES string of the molecule is C=C/C=C(OC(C)C(C)(F)F)\C(C=C)=C/CS(=C)(=C)C. The second kappa shape index (κ2) is 7.48. The minimum atomic E-state index is -2.93. The number of halogens is 2. The van der Waals surface area contributed by atoms with E-state index in [4.69, 9.17) is 4.74 Å². The van der Waals surface area contributed by atoms with E-state index in [2.05, 4.69) is 24.9 Å². The second-order valence-corrected chi connectivity index (χ2v) is 8.28. The van der Waals surface area contributed by atoms with Crippen LogP contribution in [-0.2, 0) is 4.74 Å². The lowest BCUT2D eigenvalue weighted by atomic mass is 10.1. The third kappa shape index (κ3) is 7.34. The predicted molar refractivity (Wildman–Crippen MR) is 90.4 cm³/mol. The van der Waals surface area contributed by atoms with Crippen molar-refractivity contribution >= 4 is 20.9 Å². The number of allylic oxidation sites excluding steroid dienone is 3. The molecular formula is C16H24F2OS. The molecule has 0 saturated heterocycles. The molecule has 0 aromatic heterocycles. The van der Waals surface area contributed by atoms with Crippen LogP contribution in [0.1, 0.15) is 13.8 Å². The van der Waals surface area contributed by atoms with Crippen molar-refractivity contribution in [3.05, 3.63) is 48.8 Å². The molecule has 0 fully saturated rings. The zero-order valence-electron chi connectivity index (χ0n) is 12.5. The highest BCUT2D eigenvalue weighted by molar-refractivity contribution is 8.27. The molecular weight excluding hydrogens is 278 g/mol. The Morgan fingerprint density at radius 2 is 1.90 bits per heavy atom. The monoisotopic (exact) mass is 302 g/mol. The van der Waals surface area contributed by atoms with E-state index < -0.39 is 21.2 Å². The third-order valence-electron chi connectivity index (χ3n) is 2.50. The van der Waals surface area contributed by atoms with Gasteiger partial charge < -0.3 is 4.74 Å². The highest BCUT2D eigenvalue weighted by Gasteiger charge is 2.32. The van der Waals surface area contributed by atoms with E-state index in [0.717, 1.165) is 6.92 Å². The third-order valence-corrected chi connectivity index (χ3v) is 3.47. The van der Waals surface area contributed by atoms with Crippen molar-refractivity contribution in [2.24, 2.45) is 0 Å². The van der Waals surface area contributed by atoms with Crippen molar-refractivity contribution in [2.45, 2.75) is 25.9 Å². The van der Waals surface area contributed by atoms with E-state index in [1.165, 1.54) is 13.0 Å². The quantitative estimate of drug-likeness (QED) is 0.364. The van der Waals surface area contributed by atoms with E-state index in [0.29, 0.717) is 17.1 Å². The number of ether oxygens (including phenoxy) is 1. The van der Waals surface area contributed by atoms with E-state index in [9.17, 15) is 8.78 Å². The fraction of sp³-hybridized carbons (Fsp3) is 0.375. The van der Waals surface area contributed by atoms with Crippen LogP contribution < -0.4 is 0 Å². The standard InChI is InChI=1S/C16H24F2OS/c1-8-10-15(19-13(3)16(4,17)18)14(9-2)11-12-20(5,6)7/h8-11,13H,1-2,5-6,12H2,3-4,7H3/b14-11-,15-10+. The fourth-order valence-corrected chi connectivity index (χ4v) is 1.76. The Morgan fingerprint density at radius 1 is 1.35 bits per heavy atom. The molecule has 0 amide bonds. The summed E-state index contributed by atoms with van der Waals surface area (Å²) in [6.07, 6.45) is 7.20. The first-order valence-electron chi connectivity index (χ1n) is 6.13. The molecule has 0 saturated carbocycles. The Bertz CT molecular complexity index is 505. The molecule has 1 nitrogen and oxygen atoms in total. The van der Waals surface area contributed by atoms with Crippen LogP contribution in [-0.4, -0.2) is 35.8 Å². The fourth-order valence-electron chi connectivity index (χ4n) is 1.18. The van der Waals surface area contributed by atoms with Gasteiger partial charge in [0.25, 0.3) is 5.92 Å². The summed E-state index contributed by atoms with van der Waals surface area (Å²) in [6, 6.07) is 0. The lowest BCUT2D eigenvalue weighted by molar-refractivity contribution is -0.0944. The van der Waals surface area contributed by atoms with Crippen LogP contribution in [0.15, 0.2) is 48.8 Å². The molecule has 0 aliphatic heterocycles. The van der Waals surface area contributed by atoms with Gasteiger partial charge in [-0.15, -0.1) is 0 Å². The summed E-state index contributed by atoms with van der Waals surface area (Å²) in [4.78, 5) is 0. The van der Waals surface area contributed by atoms with Crippen molar-refractivity contribution in [1.29, 1.82) is 0 Å². The van der Waals surface area contributed by atoms with Gasteiger partial charge in [0.05, 0.1) is 0 Å². The van der Waals surface area contributed by atoms with Gasteiger partial charge in [0, 0.05) is 18.2 Å². The Kier molecular flexibility index (Phi) is 7.00. The molecule has 0 aliphatic carbocycles. The van der Waals surface area contributed by atoms with E-state index in [1.807, 2.05) is 12.3 Å². The summed E-state index contributed by atoms with van der Waals surface area (Å²) in [6.45, 7) is 9.42. The molecule has 0 rings (SSSR count). The Labute approximate surface area is 121 Å². The molecule has 1 atom stereocenters. The number of hydrogen-bond donors (Lipinski definition) is 0. The maximum Gasteiger partial charge on any atom is 0.281 e. The van der Waals surface area contributed by atoms with Gasteiger partial charge in [-0.25, -0.2) is 18.0 Å². The van der Waals surface area contributed by atoms with Crippen molar-refractivity contribution in [1.82, 2.24) is 0 Å². The van der Waals surface area contributed by atoms with Gasteiger partial charge in [0.2, 0.25) is 0 Å². The van der Waals surface area contributed by atoms with Gasteiger partial charge >= 0.3 is 0 Å². The normalized spacial score (nSPS) is 15.7. The Morgan fingerprint density at radius 3 is 2.25 bits per heavy atom. The largest absolute Gasteiger partial charge is 0.484 e. The van der Waals surface area contributed by atoms with Gasteiger partial charge in [-0.2, -0.15) is 0 Å². The van der Waals surface area contributed by atoms with E-state index >= 15 is 0 Å². The van der Waals surface area contributed by atoms with Crippen molar-refractivity contribution in [2.75, 3.05) is 12.0 Å². The van der Waals surface area contributed by atoms with E-state index in [-0.39, 0.29) is 0 Å². The summed E-state index contributed by atoms with van der Waals surface area (Å²) < 4.78 is 31.8. The zero-order valence-corrected chi connectivity index (χ0v) is 13.3. The molecule has 0 aromatic rings. The number of hydrogen-bond acceptors (Lipinski definition) is 1. The van der Waals surface area contributed by atoms with Gasteiger partial charge in [0.1, 0.15) is 5.76 Å². The summed E-state index contributed by atoms with van der Waals surface area (Å²) in [5.41, 5.74) is 0.645. The summed E-state index contributed by atoms with van der Waals surface area (Å²) in [5, 5.41) is 0. The maximum atomic E-state index is 13.2. The predicted octanol–water partition coefficient (Wildman–Crippen LogP) is 4.53. The zero-order chi connectivity index (χ0) is 16.0. The minimum Gasteiger partial charge on any atom is -0.484 e. The van der Waals surface area contributed by atoms with Crippen molar-refractivity contribution < 1.29 is 13.5 Å². The lowest BCUT2D eigenvalue weighted by Gasteiger charge is -2.23. The maximum absolute atomic E-state index is 13.2. The number of rotatable bonds is 8. The van der Waals surface area contributed by atoms with Gasteiger partial charge in [-0.05, 0) is 19.3 Å². The van der Waals surface area contributed by atoms with Gasteiger partial charge in [-0.3, -0.25) is 0 Å². The molecule has 0 bridgehead atoms. The van der Waals surface area contributed by atoms with Crippen LogP contribution >= 0.6 is 9.21 Å². The highest BCUT2D eigenvalue weighted by Crippen LogP contribution is 2.26. The Hall–Kier alpha value is -1.29. The van der Waals surface area contributed by atoms with Crippen LogP contribution in [0.25, 0.3) is 0 Å². The van der Waals surface area contributed by atoms with Crippen LogP contribution in [0, 0.1) is 0 Å². The van der Waals surface area contributed by atoms with Crippen molar-refractivity contribution in [3.8, 4) is 0 Å². The van der Waals surface area contributed by atoms with Crippen LogP contribution in [0.4, 0.5) is 8.78 Å². The summed E-state index contributed by atoms with van der Waals surface area (Å²) in [7, 11) is -1.22. The lowest BCUT2D eigenvalue weighted by Crippen LogP contribution is -2.29. The van der Waals surface area contributed by atoms with Gasteiger partial charge in [-0.1, -0.05) is 43.1 Å². The molecule has 20 heavy (non-hydrogen) atoms. The molecule has 1 unspecified atom stereocenters. The van der Waals surface area contributed by atoms with Gasteiger partial charge in [0.15, 0.2) is 6.10 Å². The average molecular weight is 302 g/mol. The molecule has 0 aliphatic rings. The second-order valence-electron chi connectivity index (χ2n) is 4.99. The first kappa shape index (κ1) is 18.7. The average Bonchev–Trinajstić information content (AvgIpc) is 2.27. The van der Waals surface area contributed by atoms with Crippen LogP contribution in [0.5, 0.6) is 0 Å². The highest BCUT2D eigenvalue weighted by atomic mass is 32.2. The molecule has 0 spiro atoms. The Balaban J connectivity index is 5.31. The smallest absolute Gasteiger partial charge is 0.281 e. The van der Waals surface area contributed by atoms with Crippen LogP contribution in [0.2, 0.25) is 0 Å². The minimum absolute atomic E-state index is 0.327. The van der Waals surface area contributed by atoms with Crippen molar-refractivity contribution in [3.63, 3.8) is 0 Å². The molecule has 0 N–H and O–H groups in total. The number of alkyl halides is 2. The summed E-state index contributed by atoms with van der Waals surface area (Å²) >= 11 is 0. The molecule has 0 heterocycles. The van der Waals surface area contributed by atoms with Crippen LogP contribution in [0.3, 0.4) is 0 Å².